The second kappa shape index (κ2) is 12.5. The van der Waals surface area contributed by atoms with Gasteiger partial charge in [-0.2, -0.15) is 0 Å². The Kier molecular flexibility index (Phi) is 15.2. The molecule has 0 aliphatic heterocycles. The minimum absolute atomic E-state index is 0.139. The summed E-state index contributed by atoms with van der Waals surface area (Å²) in [7, 11) is -2.17. The van der Waals surface area contributed by atoms with Gasteiger partial charge in [-0.25, -0.2) is 0 Å². The fourth-order valence-electron chi connectivity index (χ4n) is 0.283. The zero-order valence-corrected chi connectivity index (χ0v) is 6.14. The second-order valence-corrected chi connectivity index (χ2v) is 1.54. The summed E-state index contributed by atoms with van der Waals surface area (Å²) in [5.41, 5.74) is 0. The van der Waals surface area contributed by atoms with E-state index in [4.69, 9.17) is 25.3 Å². The lowest BCUT2D eigenvalue weighted by atomic mass is 10.3. The average Bonchev–Trinajstić information content (AvgIpc) is 1.88. The third-order valence-corrected chi connectivity index (χ3v) is 0.577. The number of hydrogen-bond acceptors (Lipinski definition) is 6. The van der Waals surface area contributed by atoms with Gasteiger partial charge in [-0.3, -0.25) is 0 Å². The summed E-state index contributed by atoms with van der Waals surface area (Å²) >= 11 is 0. The van der Waals surface area contributed by atoms with Crippen LogP contribution < -0.4 is 5.32 Å². The van der Waals surface area contributed by atoms with E-state index < -0.39 is 7.32 Å². The highest BCUT2D eigenvalue weighted by atomic mass is 16.5. The molecule has 0 aromatic heterocycles. The van der Waals surface area contributed by atoms with E-state index in [1.54, 1.807) is 0 Å². The van der Waals surface area contributed by atoms with E-state index in [9.17, 15) is 0 Å². The standard InChI is InChI=1S/C4H11NO2.BH3O3/c6-3-1-5-2-4-7;2-1(3)4/h5-7H,1-4H2;2-4H. The predicted octanol–water partition coefficient (Wildman–Crippen LogP) is -3.49. The smallest absolute Gasteiger partial charge is 0.402 e. The molecule has 0 unspecified atom stereocenters. The molecule has 0 aromatic carbocycles. The topological polar surface area (TPSA) is 113 Å². The molecule has 11 heavy (non-hydrogen) atoms. The van der Waals surface area contributed by atoms with Crippen LogP contribution in [0.5, 0.6) is 0 Å². The summed E-state index contributed by atoms with van der Waals surface area (Å²) in [6.45, 7) is 1.42. The van der Waals surface area contributed by atoms with Crippen LogP contribution in [0.3, 0.4) is 0 Å². The Morgan fingerprint density at radius 2 is 1.18 bits per heavy atom. The maximum atomic E-state index is 8.15. The number of nitrogens with one attached hydrogen (secondary N) is 1. The van der Waals surface area contributed by atoms with E-state index in [0.717, 1.165) is 0 Å². The molecule has 6 N–H and O–H groups in total. The maximum Gasteiger partial charge on any atom is 0.631 e. The molecule has 0 rings (SSSR count). The summed E-state index contributed by atoms with van der Waals surface area (Å²) < 4.78 is 0. The zero-order valence-electron chi connectivity index (χ0n) is 6.14. The lowest BCUT2D eigenvalue weighted by Crippen LogP contribution is -2.21. The van der Waals surface area contributed by atoms with Crippen molar-refractivity contribution < 1.29 is 25.3 Å². The first-order valence-corrected chi connectivity index (χ1v) is 3.11. The second-order valence-electron chi connectivity index (χ2n) is 1.54. The Labute approximate surface area is 65.3 Å². The molecule has 0 amide bonds. The first kappa shape index (κ1) is 13.4. The molecule has 0 spiro atoms. The molecule has 0 saturated heterocycles. The Balaban J connectivity index is 0. The van der Waals surface area contributed by atoms with Crippen molar-refractivity contribution in [3.63, 3.8) is 0 Å². The highest BCUT2D eigenvalue weighted by Gasteiger charge is 1.92. The summed E-state index contributed by atoms with van der Waals surface area (Å²) in [5, 5.41) is 40.6. The van der Waals surface area contributed by atoms with Gasteiger partial charge in [0.15, 0.2) is 0 Å². The number of hydrogen-bond donors (Lipinski definition) is 6. The summed E-state index contributed by atoms with van der Waals surface area (Å²) in [6, 6.07) is 0. The minimum Gasteiger partial charge on any atom is -0.402 e. The van der Waals surface area contributed by atoms with Crippen molar-refractivity contribution in [1.82, 2.24) is 5.32 Å². The molecule has 0 fully saturated rings. The van der Waals surface area contributed by atoms with Crippen molar-refractivity contribution in [2.45, 2.75) is 0 Å². The predicted molar refractivity (Wildman–Crippen MR) is 39.5 cm³/mol. The van der Waals surface area contributed by atoms with Gasteiger partial charge in [0.05, 0.1) is 13.2 Å². The Bertz CT molecular complexity index is 57.7. The van der Waals surface area contributed by atoms with Gasteiger partial charge in [-0.15, -0.1) is 0 Å². The van der Waals surface area contributed by atoms with Gasteiger partial charge in [0, 0.05) is 13.1 Å². The molecule has 0 atom stereocenters. The molecule has 0 aromatic rings. The van der Waals surface area contributed by atoms with Crippen LogP contribution in [0.15, 0.2) is 0 Å². The molecule has 0 aliphatic rings. The van der Waals surface area contributed by atoms with E-state index in [0.29, 0.717) is 13.1 Å². The van der Waals surface area contributed by atoms with Crippen LogP contribution in [0.25, 0.3) is 0 Å². The third-order valence-electron chi connectivity index (χ3n) is 0.577. The van der Waals surface area contributed by atoms with Crippen LogP contribution in [-0.2, 0) is 0 Å². The zero-order chi connectivity index (χ0) is 9.11. The van der Waals surface area contributed by atoms with Gasteiger partial charge in [0.1, 0.15) is 0 Å². The Morgan fingerprint density at radius 1 is 0.909 bits per heavy atom. The quantitative estimate of drug-likeness (QED) is 0.191. The Hall–Kier alpha value is -0.175. The molecular weight excluding hydrogens is 153 g/mol. The molecule has 0 radical (unpaired) electrons. The largest absolute Gasteiger partial charge is 0.631 e. The van der Waals surface area contributed by atoms with E-state index in [1.807, 2.05) is 0 Å². The van der Waals surface area contributed by atoms with E-state index >= 15 is 0 Å². The van der Waals surface area contributed by atoms with Gasteiger partial charge in [-0.05, 0) is 0 Å². The van der Waals surface area contributed by atoms with Crippen molar-refractivity contribution >= 4 is 7.32 Å². The van der Waals surface area contributed by atoms with Crippen molar-refractivity contribution in [2.75, 3.05) is 26.3 Å². The lowest BCUT2D eigenvalue weighted by molar-refractivity contribution is 0.266. The van der Waals surface area contributed by atoms with E-state index in [1.165, 1.54) is 0 Å². The van der Waals surface area contributed by atoms with Crippen LogP contribution in [0, 0.1) is 0 Å². The summed E-state index contributed by atoms with van der Waals surface area (Å²) in [6.07, 6.45) is 0. The first-order chi connectivity index (χ1) is 5.15. The van der Waals surface area contributed by atoms with Gasteiger partial charge in [0.25, 0.3) is 0 Å². The van der Waals surface area contributed by atoms with Gasteiger partial charge in [-0.1, -0.05) is 0 Å². The molecule has 68 valence electrons. The van der Waals surface area contributed by atoms with Crippen LogP contribution >= 0.6 is 0 Å². The molecule has 0 bridgehead atoms. The number of rotatable bonds is 4. The number of aliphatic hydroxyl groups excluding tert-OH is 2. The molecule has 0 aliphatic carbocycles. The van der Waals surface area contributed by atoms with Gasteiger partial charge in [0.2, 0.25) is 0 Å². The fourth-order valence-corrected chi connectivity index (χ4v) is 0.283. The van der Waals surface area contributed by atoms with Crippen LogP contribution in [0.4, 0.5) is 0 Å². The Morgan fingerprint density at radius 3 is 1.36 bits per heavy atom. The summed E-state index contributed by atoms with van der Waals surface area (Å²) in [5.74, 6) is 0. The molecular formula is C4H14BNO5. The van der Waals surface area contributed by atoms with Crippen LogP contribution in [0.1, 0.15) is 0 Å². The molecule has 0 heterocycles. The molecule has 6 nitrogen and oxygen atoms in total. The highest BCUT2D eigenvalue weighted by molar-refractivity contribution is 6.30. The molecule has 0 saturated carbocycles. The molecule has 7 heteroatoms. The van der Waals surface area contributed by atoms with Crippen molar-refractivity contribution in [2.24, 2.45) is 0 Å². The van der Waals surface area contributed by atoms with Crippen molar-refractivity contribution in [3.05, 3.63) is 0 Å². The maximum absolute atomic E-state index is 8.15. The fraction of sp³-hybridized carbons (Fsp3) is 1.00. The normalized spacial score (nSPS) is 8.45. The lowest BCUT2D eigenvalue weighted by Gasteiger charge is -1.94. The third kappa shape index (κ3) is 41.1. The SMILES string of the molecule is OB(O)O.OCCNCCO. The van der Waals surface area contributed by atoms with Gasteiger partial charge < -0.3 is 30.6 Å². The number of aliphatic hydroxyl groups is 2. The average molecular weight is 167 g/mol. The monoisotopic (exact) mass is 167 g/mol. The van der Waals surface area contributed by atoms with Crippen molar-refractivity contribution in [3.8, 4) is 0 Å². The van der Waals surface area contributed by atoms with Crippen LogP contribution in [-0.4, -0.2) is 58.9 Å². The van der Waals surface area contributed by atoms with Crippen molar-refractivity contribution in [1.29, 1.82) is 0 Å². The van der Waals surface area contributed by atoms with E-state index in [2.05, 4.69) is 5.32 Å². The minimum atomic E-state index is -2.17. The highest BCUT2D eigenvalue weighted by Crippen LogP contribution is 1.54. The van der Waals surface area contributed by atoms with Crippen LogP contribution in [0.2, 0.25) is 0 Å². The van der Waals surface area contributed by atoms with Gasteiger partial charge >= 0.3 is 7.32 Å². The first-order valence-electron chi connectivity index (χ1n) is 3.11. The summed E-state index contributed by atoms with van der Waals surface area (Å²) in [4.78, 5) is 0. The van der Waals surface area contributed by atoms with E-state index in [-0.39, 0.29) is 13.2 Å².